The summed E-state index contributed by atoms with van der Waals surface area (Å²) in [5.41, 5.74) is 0.851. The molecule has 0 saturated heterocycles. The summed E-state index contributed by atoms with van der Waals surface area (Å²) in [7, 11) is 0. The molecule has 60 valence electrons. The highest BCUT2D eigenvalue weighted by atomic mass is 79.9. The zero-order valence-corrected chi connectivity index (χ0v) is 8.30. The van der Waals surface area contributed by atoms with Crippen LogP contribution in [-0.2, 0) is 0 Å². The summed E-state index contributed by atoms with van der Waals surface area (Å²) in [6.45, 7) is 0. The van der Waals surface area contributed by atoms with E-state index in [1.807, 2.05) is 18.2 Å². The summed E-state index contributed by atoms with van der Waals surface area (Å²) in [6, 6.07) is 5.58. The molecule has 0 amide bonds. The van der Waals surface area contributed by atoms with Crippen LogP contribution in [0.3, 0.4) is 0 Å². The number of hydrogen-bond donors (Lipinski definition) is 0. The van der Waals surface area contributed by atoms with Crippen molar-refractivity contribution in [1.82, 2.24) is 9.97 Å². The lowest BCUT2D eigenvalue weighted by Crippen LogP contribution is -1.83. The molecule has 12 heavy (non-hydrogen) atoms. The molecule has 0 aliphatic rings. The topological polar surface area (TPSA) is 25.8 Å². The normalized spacial score (nSPS) is 10.5. The van der Waals surface area contributed by atoms with Crippen LogP contribution < -0.4 is 0 Å². The van der Waals surface area contributed by atoms with E-state index in [9.17, 15) is 0 Å². The summed E-state index contributed by atoms with van der Waals surface area (Å²) >= 11 is 9.11. The average Bonchev–Trinajstić information content (AvgIpc) is 2.04. The molecule has 0 N–H and O–H groups in total. The highest BCUT2D eigenvalue weighted by molar-refractivity contribution is 9.10. The zero-order chi connectivity index (χ0) is 8.55. The third-order valence-electron chi connectivity index (χ3n) is 1.54. The zero-order valence-electron chi connectivity index (χ0n) is 5.96. The predicted octanol–water partition coefficient (Wildman–Crippen LogP) is 3.05. The van der Waals surface area contributed by atoms with Crippen LogP contribution in [0.4, 0.5) is 0 Å². The Kier molecular flexibility index (Phi) is 1.98. The third kappa shape index (κ3) is 1.30. The first-order valence-electron chi connectivity index (χ1n) is 3.34. The minimum Gasteiger partial charge on any atom is -0.230 e. The minimum absolute atomic E-state index is 0.581. The van der Waals surface area contributed by atoms with Crippen molar-refractivity contribution >= 4 is 38.4 Å². The van der Waals surface area contributed by atoms with Gasteiger partial charge in [0.1, 0.15) is 0 Å². The van der Waals surface area contributed by atoms with Crippen LogP contribution in [0.2, 0.25) is 5.02 Å². The van der Waals surface area contributed by atoms with E-state index in [0.29, 0.717) is 9.76 Å². The summed E-state index contributed by atoms with van der Waals surface area (Å²) in [6.07, 6.45) is 1.70. The molecule has 2 nitrogen and oxygen atoms in total. The number of rotatable bonds is 0. The van der Waals surface area contributed by atoms with Gasteiger partial charge in [-0.2, -0.15) is 0 Å². The standard InChI is InChI=1S/C8H4BrClN2/c9-8-11-4-5-6(10)2-1-3-7(5)12-8/h1-4H. The van der Waals surface area contributed by atoms with Crippen molar-refractivity contribution in [3.05, 3.63) is 34.2 Å². The Bertz CT molecular complexity index is 430. The quantitative estimate of drug-likeness (QED) is 0.665. The first-order chi connectivity index (χ1) is 5.77. The molecule has 0 saturated carbocycles. The van der Waals surface area contributed by atoms with Crippen LogP contribution in [0.1, 0.15) is 0 Å². The molecule has 1 aromatic carbocycles. The molecule has 1 heterocycles. The van der Waals surface area contributed by atoms with Crippen molar-refractivity contribution in [3.8, 4) is 0 Å². The van der Waals surface area contributed by atoms with E-state index in [4.69, 9.17) is 11.6 Å². The van der Waals surface area contributed by atoms with Gasteiger partial charge in [-0.15, -0.1) is 0 Å². The number of hydrogen-bond acceptors (Lipinski definition) is 2. The van der Waals surface area contributed by atoms with Gasteiger partial charge < -0.3 is 0 Å². The first kappa shape index (κ1) is 7.95. The number of aromatic nitrogens is 2. The molecule has 0 aliphatic carbocycles. The molecule has 0 fully saturated rings. The summed E-state index contributed by atoms with van der Waals surface area (Å²) < 4.78 is 0.581. The van der Waals surface area contributed by atoms with Gasteiger partial charge in [0.2, 0.25) is 0 Å². The summed E-state index contributed by atoms with van der Waals surface area (Å²) in [5.74, 6) is 0. The second-order valence-electron chi connectivity index (χ2n) is 2.31. The van der Waals surface area contributed by atoms with Crippen LogP contribution in [0.5, 0.6) is 0 Å². The molecule has 0 atom stereocenters. The second-order valence-corrected chi connectivity index (χ2v) is 3.43. The van der Waals surface area contributed by atoms with Crippen LogP contribution >= 0.6 is 27.5 Å². The Morgan fingerprint density at radius 2 is 2.17 bits per heavy atom. The van der Waals surface area contributed by atoms with Crippen molar-refractivity contribution in [3.63, 3.8) is 0 Å². The van der Waals surface area contributed by atoms with E-state index in [0.717, 1.165) is 10.9 Å². The molecule has 4 heteroatoms. The lowest BCUT2D eigenvalue weighted by Gasteiger charge is -1.97. The summed E-state index contributed by atoms with van der Waals surface area (Å²) in [5, 5.41) is 1.56. The van der Waals surface area contributed by atoms with Crippen molar-refractivity contribution in [2.45, 2.75) is 0 Å². The van der Waals surface area contributed by atoms with Crippen LogP contribution in [0, 0.1) is 0 Å². The fourth-order valence-electron chi connectivity index (χ4n) is 0.997. The Morgan fingerprint density at radius 1 is 1.33 bits per heavy atom. The molecule has 0 radical (unpaired) electrons. The largest absolute Gasteiger partial charge is 0.230 e. The Hall–Kier alpha value is -0.670. The van der Waals surface area contributed by atoms with E-state index < -0.39 is 0 Å². The Balaban J connectivity index is 2.86. The lowest BCUT2D eigenvalue weighted by atomic mass is 10.2. The van der Waals surface area contributed by atoms with Gasteiger partial charge >= 0.3 is 0 Å². The molecule has 2 aromatic rings. The molecule has 0 bridgehead atoms. The van der Waals surface area contributed by atoms with E-state index in [1.165, 1.54) is 0 Å². The van der Waals surface area contributed by atoms with Crippen molar-refractivity contribution in [2.24, 2.45) is 0 Å². The van der Waals surface area contributed by atoms with Gasteiger partial charge in [-0.3, -0.25) is 0 Å². The molecule has 0 spiro atoms. The predicted molar refractivity (Wildman–Crippen MR) is 52.2 cm³/mol. The number of benzene rings is 1. The molecular weight excluding hydrogens is 239 g/mol. The van der Waals surface area contributed by atoms with Crippen LogP contribution in [0.25, 0.3) is 10.9 Å². The minimum atomic E-state index is 0.581. The molecule has 2 rings (SSSR count). The fourth-order valence-corrected chi connectivity index (χ4v) is 1.51. The maximum atomic E-state index is 5.91. The van der Waals surface area contributed by atoms with E-state index in [-0.39, 0.29) is 0 Å². The van der Waals surface area contributed by atoms with Crippen molar-refractivity contribution in [1.29, 1.82) is 0 Å². The Morgan fingerprint density at radius 3 is 3.00 bits per heavy atom. The van der Waals surface area contributed by atoms with E-state index >= 15 is 0 Å². The molecule has 1 aromatic heterocycles. The fraction of sp³-hybridized carbons (Fsp3) is 0. The number of halogens is 2. The van der Waals surface area contributed by atoms with Gasteiger partial charge in [0, 0.05) is 11.6 Å². The summed E-state index contributed by atoms with van der Waals surface area (Å²) in [4.78, 5) is 8.15. The van der Waals surface area contributed by atoms with Gasteiger partial charge in [0.05, 0.1) is 10.5 Å². The lowest BCUT2D eigenvalue weighted by molar-refractivity contribution is 1.16. The van der Waals surface area contributed by atoms with Gasteiger partial charge in [-0.25, -0.2) is 9.97 Å². The maximum absolute atomic E-state index is 5.91. The monoisotopic (exact) mass is 242 g/mol. The van der Waals surface area contributed by atoms with Gasteiger partial charge in [0.25, 0.3) is 0 Å². The molecule has 0 aliphatic heterocycles. The SMILES string of the molecule is Clc1cccc2nc(Br)ncc12. The maximum Gasteiger partial charge on any atom is 0.197 e. The van der Waals surface area contributed by atoms with Crippen molar-refractivity contribution < 1.29 is 0 Å². The van der Waals surface area contributed by atoms with Crippen molar-refractivity contribution in [2.75, 3.05) is 0 Å². The molecular formula is C8H4BrClN2. The highest BCUT2D eigenvalue weighted by Gasteiger charge is 1.99. The van der Waals surface area contributed by atoms with Gasteiger partial charge in [-0.05, 0) is 28.1 Å². The Labute approximate surface area is 82.7 Å². The number of fused-ring (bicyclic) bond motifs is 1. The third-order valence-corrected chi connectivity index (χ3v) is 2.25. The number of nitrogens with zero attached hydrogens (tertiary/aromatic N) is 2. The molecule has 0 unspecified atom stereocenters. The smallest absolute Gasteiger partial charge is 0.197 e. The average molecular weight is 243 g/mol. The van der Waals surface area contributed by atoms with Gasteiger partial charge in [0.15, 0.2) is 4.73 Å². The first-order valence-corrected chi connectivity index (χ1v) is 4.51. The van der Waals surface area contributed by atoms with E-state index in [2.05, 4.69) is 25.9 Å². The second kappa shape index (κ2) is 2.99. The van der Waals surface area contributed by atoms with Gasteiger partial charge in [-0.1, -0.05) is 17.7 Å². The van der Waals surface area contributed by atoms with Crippen LogP contribution in [0.15, 0.2) is 29.1 Å². The van der Waals surface area contributed by atoms with Crippen LogP contribution in [-0.4, -0.2) is 9.97 Å². The van der Waals surface area contributed by atoms with E-state index in [1.54, 1.807) is 6.20 Å². The highest BCUT2D eigenvalue weighted by Crippen LogP contribution is 2.21.